The quantitative estimate of drug-likeness (QED) is 0.481. The molecule has 0 aliphatic carbocycles. The molecule has 0 amide bonds. The van der Waals surface area contributed by atoms with Crippen LogP contribution in [0.15, 0.2) is 30.3 Å². The summed E-state index contributed by atoms with van der Waals surface area (Å²) >= 11 is 0. The highest BCUT2D eigenvalue weighted by Gasteiger charge is 2.19. The van der Waals surface area contributed by atoms with Gasteiger partial charge in [0.25, 0.3) is 0 Å². The van der Waals surface area contributed by atoms with Crippen molar-refractivity contribution in [3.63, 3.8) is 0 Å². The van der Waals surface area contributed by atoms with Crippen molar-refractivity contribution in [1.29, 1.82) is 0 Å². The van der Waals surface area contributed by atoms with Crippen LogP contribution in [0.3, 0.4) is 0 Å². The van der Waals surface area contributed by atoms with E-state index in [1.807, 2.05) is 32.0 Å². The maximum Gasteiger partial charge on any atom is 0.338 e. The lowest BCUT2D eigenvalue weighted by molar-refractivity contribution is 0.0473. The first-order valence-corrected chi connectivity index (χ1v) is 9.11. The van der Waals surface area contributed by atoms with E-state index >= 15 is 0 Å². The molecule has 0 bridgehead atoms. The summed E-state index contributed by atoms with van der Waals surface area (Å²) in [4.78, 5) is 25.1. The Kier molecular flexibility index (Phi) is 7.44. The van der Waals surface area contributed by atoms with Gasteiger partial charge in [0.15, 0.2) is 18.1 Å². The largest absolute Gasteiger partial charge is 0.493 e. The molecule has 0 aliphatic rings. The topological polar surface area (TPSA) is 71.1 Å². The van der Waals surface area contributed by atoms with Crippen LogP contribution in [0.1, 0.15) is 45.7 Å². The van der Waals surface area contributed by atoms with Gasteiger partial charge in [-0.1, -0.05) is 26.0 Å². The Morgan fingerprint density at radius 3 is 2.00 bits per heavy atom. The molecule has 0 spiro atoms. The standard InChI is InChI=1S/C22H26O6/c1-6-14-8-9-15(7-2)17(10-14)18(23)13-28-22(24)16-11-19(25-3)21(27-5)20(12-16)26-4/h8-12H,6-7,13H2,1-5H3. The second kappa shape index (κ2) is 9.78. The smallest absolute Gasteiger partial charge is 0.338 e. The fourth-order valence-electron chi connectivity index (χ4n) is 2.90. The highest BCUT2D eigenvalue weighted by atomic mass is 16.5. The normalized spacial score (nSPS) is 10.3. The van der Waals surface area contributed by atoms with Crippen molar-refractivity contribution in [3.8, 4) is 17.2 Å². The summed E-state index contributed by atoms with van der Waals surface area (Å²) in [5.41, 5.74) is 2.81. The number of carbonyl (C=O) groups excluding carboxylic acids is 2. The van der Waals surface area contributed by atoms with E-state index in [0.29, 0.717) is 22.8 Å². The molecule has 0 fully saturated rings. The van der Waals surface area contributed by atoms with Gasteiger partial charge >= 0.3 is 5.97 Å². The first-order valence-electron chi connectivity index (χ1n) is 9.11. The molecule has 6 nitrogen and oxygen atoms in total. The summed E-state index contributed by atoms with van der Waals surface area (Å²) in [6.45, 7) is 3.68. The number of esters is 1. The average molecular weight is 386 g/mol. The van der Waals surface area contributed by atoms with Gasteiger partial charge in [-0.25, -0.2) is 4.79 Å². The molecule has 0 saturated heterocycles. The van der Waals surface area contributed by atoms with E-state index in [1.165, 1.54) is 33.5 Å². The van der Waals surface area contributed by atoms with E-state index in [2.05, 4.69) is 0 Å². The summed E-state index contributed by atoms with van der Waals surface area (Å²) < 4.78 is 21.0. The predicted octanol–water partition coefficient (Wildman–Crippen LogP) is 3.88. The summed E-state index contributed by atoms with van der Waals surface area (Å²) in [7, 11) is 4.40. The molecule has 0 unspecified atom stereocenters. The Labute approximate surface area is 165 Å². The zero-order valence-electron chi connectivity index (χ0n) is 17.0. The summed E-state index contributed by atoms with van der Waals surface area (Å²) in [6.07, 6.45) is 1.56. The number of hydrogen-bond donors (Lipinski definition) is 0. The van der Waals surface area contributed by atoms with Crippen molar-refractivity contribution in [2.24, 2.45) is 0 Å². The number of hydrogen-bond acceptors (Lipinski definition) is 6. The van der Waals surface area contributed by atoms with Crippen LogP contribution in [0.5, 0.6) is 17.2 Å². The van der Waals surface area contributed by atoms with Gasteiger partial charge in [0, 0.05) is 5.56 Å². The van der Waals surface area contributed by atoms with Crippen LogP contribution in [0.25, 0.3) is 0 Å². The maximum absolute atomic E-state index is 12.6. The number of methoxy groups -OCH3 is 3. The minimum absolute atomic E-state index is 0.209. The van der Waals surface area contributed by atoms with Crippen molar-refractivity contribution in [2.45, 2.75) is 26.7 Å². The number of rotatable bonds is 9. The lowest BCUT2D eigenvalue weighted by Crippen LogP contribution is -2.16. The third-order valence-corrected chi connectivity index (χ3v) is 4.50. The minimum atomic E-state index is -0.641. The molecule has 28 heavy (non-hydrogen) atoms. The van der Waals surface area contributed by atoms with Gasteiger partial charge in [-0.3, -0.25) is 4.79 Å². The second-order valence-electron chi connectivity index (χ2n) is 6.11. The molecule has 0 radical (unpaired) electrons. The number of ether oxygens (including phenoxy) is 4. The molecule has 0 N–H and O–H groups in total. The molecule has 0 aromatic heterocycles. The zero-order valence-corrected chi connectivity index (χ0v) is 17.0. The number of Topliss-reactive ketones (excluding diaryl/α,β-unsaturated/α-hetero) is 1. The highest BCUT2D eigenvalue weighted by Crippen LogP contribution is 2.38. The highest BCUT2D eigenvalue weighted by molar-refractivity contribution is 6.00. The minimum Gasteiger partial charge on any atom is -0.493 e. The Balaban J connectivity index is 2.19. The molecule has 2 rings (SSSR count). The van der Waals surface area contributed by atoms with Gasteiger partial charge in [0.2, 0.25) is 11.5 Å². The molecule has 2 aromatic carbocycles. The van der Waals surface area contributed by atoms with E-state index in [9.17, 15) is 9.59 Å². The summed E-state index contributed by atoms with van der Waals surface area (Å²) in [6, 6.07) is 8.81. The van der Waals surface area contributed by atoms with Crippen molar-refractivity contribution in [2.75, 3.05) is 27.9 Å². The van der Waals surface area contributed by atoms with E-state index in [-0.39, 0.29) is 18.0 Å². The summed E-state index contributed by atoms with van der Waals surface area (Å²) in [5, 5.41) is 0. The van der Waals surface area contributed by atoms with Crippen molar-refractivity contribution in [3.05, 3.63) is 52.6 Å². The molecule has 0 saturated carbocycles. The van der Waals surface area contributed by atoms with Crippen molar-refractivity contribution < 1.29 is 28.5 Å². The molecular formula is C22H26O6. The van der Waals surface area contributed by atoms with Crippen molar-refractivity contribution >= 4 is 11.8 Å². The zero-order chi connectivity index (χ0) is 20.7. The summed E-state index contributed by atoms with van der Waals surface area (Å²) in [5.74, 6) is 0.180. The van der Waals surface area contributed by atoms with E-state index in [4.69, 9.17) is 18.9 Å². The van der Waals surface area contributed by atoms with Crippen LogP contribution < -0.4 is 14.2 Å². The second-order valence-corrected chi connectivity index (χ2v) is 6.11. The maximum atomic E-state index is 12.6. The van der Waals surface area contributed by atoms with E-state index in [0.717, 1.165) is 24.0 Å². The molecule has 0 heterocycles. The number of carbonyl (C=O) groups is 2. The van der Waals surface area contributed by atoms with Gasteiger partial charge in [0.05, 0.1) is 26.9 Å². The molecular weight excluding hydrogens is 360 g/mol. The molecule has 150 valence electrons. The number of ketones is 1. The van der Waals surface area contributed by atoms with E-state index in [1.54, 1.807) is 0 Å². The van der Waals surface area contributed by atoms with Crippen LogP contribution in [0.4, 0.5) is 0 Å². The first kappa shape index (κ1) is 21.3. The lowest BCUT2D eigenvalue weighted by Gasteiger charge is -2.14. The third-order valence-electron chi connectivity index (χ3n) is 4.50. The molecule has 0 atom stereocenters. The predicted molar refractivity (Wildman–Crippen MR) is 106 cm³/mol. The Hall–Kier alpha value is -3.02. The van der Waals surface area contributed by atoms with Gasteiger partial charge in [-0.2, -0.15) is 0 Å². The van der Waals surface area contributed by atoms with Crippen LogP contribution >= 0.6 is 0 Å². The number of aryl methyl sites for hydroxylation is 2. The lowest BCUT2D eigenvalue weighted by atomic mass is 9.98. The molecule has 0 aliphatic heterocycles. The average Bonchev–Trinajstić information content (AvgIpc) is 2.75. The molecule has 6 heteroatoms. The van der Waals surface area contributed by atoms with Gasteiger partial charge < -0.3 is 18.9 Å². The first-order chi connectivity index (χ1) is 13.5. The monoisotopic (exact) mass is 386 g/mol. The Morgan fingerprint density at radius 2 is 1.50 bits per heavy atom. The van der Waals surface area contributed by atoms with Crippen LogP contribution in [-0.4, -0.2) is 39.7 Å². The van der Waals surface area contributed by atoms with Gasteiger partial charge in [0.1, 0.15) is 0 Å². The van der Waals surface area contributed by atoms with Crippen LogP contribution in [-0.2, 0) is 17.6 Å². The molecule has 2 aromatic rings. The van der Waals surface area contributed by atoms with Gasteiger partial charge in [-0.05, 0) is 42.2 Å². The van der Waals surface area contributed by atoms with Crippen LogP contribution in [0, 0.1) is 0 Å². The van der Waals surface area contributed by atoms with Crippen LogP contribution in [0.2, 0.25) is 0 Å². The third kappa shape index (κ3) is 4.63. The van der Waals surface area contributed by atoms with E-state index < -0.39 is 5.97 Å². The fraction of sp³-hybridized carbons (Fsp3) is 0.364. The fourth-order valence-corrected chi connectivity index (χ4v) is 2.90. The number of benzene rings is 2. The van der Waals surface area contributed by atoms with Gasteiger partial charge in [-0.15, -0.1) is 0 Å². The Morgan fingerprint density at radius 1 is 0.857 bits per heavy atom. The Bertz CT molecular complexity index is 831. The SMILES string of the molecule is CCc1ccc(CC)c(C(=O)COC(=O)c2cc(OC)c(OC)c(OC)c2)c1. The van der Waals surface area contributed by atoms with Crippen molar-refractivity contribution in [1.82, 2.24) is 0 Å².